The summed E-state index contributed by atoms with van der Waals surface area (Å²) in [5.41, 5.74) is 1.42. The van der Waals surface area contributed by atoms with Crippen LogP contribution in [-0.2, 0) is 14.8 Å². The fraction of sp³-hybridized carbons (Fsp3) is 0.192. The number of sulfonamides is 1. The Morgan fingerprint density at radius 3 is 2.18 bits per heavy atom. The van der Waals surface area contributed by atoms with Gasteiger partial charge in [0.1, 0.15) is 5.75 Å². The molecule has 3 aromatic carbocycles. The lowest BCUT2D eigenvalue weighted by atomic mass is 9.97. The van der Waals surface area contributed by atoms with Crippen molar-refractivity contribution in [3.8, 4) is 11.5 Å². The molecule has 1 N–H and O–H groups in total. The molecular weight excluding hydrogens is 436 g/mol. The molecule has 3 aromatic rings. The van der Waals surface area contributed by atoms with Crippen LogP contribution in [0.1, 0.15) is 18.4 Å². The van der Waals surface area contributed by atoms with Crippen molar-refractivity contribution in [1.29, 1.82) is 0 Å². The number of hydrogen-bond acceptors (Lipinski definition) is 4. The van der Waals surface area contributed by atoms with E-state index in [2.05, 4.69) is 5.32 Å². The van der Waals surface area contributed by atoms with E-state index in [1.165, 1.54) is 9.71 Å². The highest BCUT2D eigenvalue weighted by molar-refractivity contribution is 7.92. The first-order valence-electron chi connectivity index (χ1n) is 10.9. The quantitative estimate of drug-likeness (QED) is 0.528. The van der Waals surface area contributed by atoms with Gasteiger partial charge in [0, 0.05) is 24.4 Å². The molecule has 0 atom stereocenters. The highest BCUT2D eigenvalue weighted by Crippen LogP contribution is 2.30. The van der Waals surface area contributed by atoms with E-state index in [0.29, 0.717) is 43.1 Å². The standard InChI is InChI=1S/C26H26N2O4S/c29-26(27-24-13-7-8-14-25(24)32-23-11-5-2-6-12-23)22-15-18-28(19-16-22)33(30,31)20-17-21-9-3-1-4-10-21/h1-14,17,20,22H,15-16,18-19H2,(H,27,29)/b20-17+. The summed E-state index contributed by atoms with van der Waals surface area (Å²) >= 11 is 0. The average molecular weight is 463 g/mol. The maximum absolute atomic E-state index is 12.9. The number of nitrogens with zero attached hydrogens (tertiary/aromatic N) is 1. The number of hydrogen-bond donors (Lipinski definition) is 1. The monoisotopic (exact) mass is 462 g/mol. The molecule has 1 heterocycles. The van der Waals surface area contributed by atoms with E-state index >= 15 is 0 Å². The van der Waals surface area contributed by atoms with Crippen molar-refractivity contribution in [3.05, 3.63) is 95.9 Å². The van der Waals surface area contributed by atoms with E-state index in [4.69, 9.17) is 4.74 Å². The van der Waals surface area contributed by atoms with Crippen molar-refractivity contribution >= 4 is 27.7 Å². The van der Waals surface area contributed by atoms with Crippen LogP contribution in [0.5, 0.6) is 11.5 Å². The summed E-state index contributed by atoms with van der Waals surface area (Å²) in [7, 11) is -3.53. The molecule has 1 amide bonds. The second kappa shape index (κ2) is 10.5. The van der Waals surface area contributed by atoms with Gasteiger partial charge in [0.15, 0.2) is 5.75 Å². The molecule has 33 heavy (non-hydrogen) atoms. The Morgan fingerprint density at radius 2 is 1.48 bits per heavy atom. The van der Waals surface area contributed by atoms with Crippen LogP contribution < -0.4 is 10.1 Å². The van der Waals surface area contributed by atoms with E-state index in [0.717, 1.165) is 5.56 Å². The minimum Gasteiger partial charge on any atom is -0.455 e. The van der Waals surface area contributed by atoms with Gasteiger partial charge >= 0.3 is 0 Å². The number of ether oxygens (including phenoxy) is 1. The van der Waals surface area contributed by atoms with Crippen LogP contribution in [0.2, 0.25) is 0 Å². The molecule has 0 aliphatic carbocycles. The topological polar surface area (TPSA) is 75.7 Å². The highest BCUT2D eigenvalue weighted by atomic mass is 32.2. The summed E-state index contributed by atoms with van der Waals surface area (Å²) in [4.78, 5) is 12.9. The molecule has 6 nitrogen and oxygen atoms in total. The van der Waals surface area contributed by atoms with E-state index in [9.17, 15) is 13.2 Å². The van der Waals surface area contributed by atoms with Gasteiger partial charge in [0.05, 0.1) is 5.69 Å². The van der Waals surface area contributed by atoms with Crippen LogP contribution in [0.15, 0.2) is 90.3 Å². The third-order valence-electron chi connectivity index (χ3n) is 5.53. The van der Waals surface area contributed by atoms with Gasteiger partial charge in [-0.05, 0) is 48.7 Å². The first kappa shape index (κ1) is 22.8. The van der Waals surface area contributed by atoms with E-state index in [-0.39, 0.29) is 11.8 Å². The molecule has 170 valence electrons. The van der Waals surface area contributed by atoms with Crippen molar-refractivity contribution in [3.63, 3.8) is 0 Å². The molecule has 0 aromatic heterocycles. The Bertz CT molecular complexity index is 1200. The zero-order chi connectivity index (χ0) is 23.1. The maximum atomic E-state index is 12.9. The predicted molar refractivity (Wildman–Crippen MR) is 130 cm³/mol. The van der Waals surface area contributed by atoms with Gasteiger partial charge in [-0.1, -0.05) is 60.7 Å². The number of carbonyl (C=O) groups excluding carboxylic acids is 1. The van der Waals surface area contributed by atoms with Gasteiger partial charge in [-0.3, -0.25) is 4.79 Å². The number of anilines is 1. The van der Waals surface area contributed by atoms with Crippen molar-refractivity contribution in [2.45, 2.75) is 12.8 Å². The molecule has 0 bridgehead atoms. The number of amides is 1. The van der Waals surface area contributed by atoms with Crippen LogP contribution in [-0.4, -0.2) is 31.7 Å². The van der Waals surface area contributed by atoms with Crippen LogP contribution in [0.3, 0.4) is 0 Å². The summed E-state index contributed by atoms with van der Waals surface area (Å²) in [5.74, 6) is 0.847. The van der Waals surface area contributed by atoms with E-state index < -0.39 is 10.0 Å². The lowest BCUT2D eigenvalue weighted by Crippen LogP contribution is -2.40. The predicted octanol–water partition coefficient (Wildman–Crippen LogP) is 5.13. The maximum Gasteiger partial charge on any atom is 0.236 e. The molecule has 0 unspecified atom stereocenters. The summed E-state index contributed by atoms with van der Waals surface area (Å²) in [6, 6.07) is 26.0. The summed E-state index contributed by atoms with van der Waals surface area (Å²) in [5, 5.41) is 4.19. The van der Waals surface area contributed by atoms with Crippen LogP contribution in [0, 0.1) is 5.92 Å². The molecule has 1 saturated heterocycles. The lowest BCUT2D eigenvalue weighted by molar-refractivity contribution is -0.120. The second-order valence-electron chi connectivity index (χ2n) is 7.83. The van der Waals surface area contributed by atoms with Crippen molar-refractivity contribution in [2.24, 2.45) is 5.92 Å². The molecule has 1 aliphatic rings. The number of rotatable bonds is 7. The summed E-state index contributed by atoms with van der Waals surface area (Å²) < 4.78 is 32.7. The summed E-state index contributed by atoms with van der Waals surface area (Å²) in [6.45, 7) is 0.615. The largest absolute Gasteiger partial charge is 0.455 e. The molecular formula is C26H26N2O4S. The van der Waals surface area contributed by atoms with Crippen molar-refractivity contribution < 1.29 is 17.9 Å². The molecule has 4 rings (SSSR count). The zero-order valence-electron chi connectivity index (χ0n) is 18.1. The van der Waals surface area contributed by atoms with Crippen molar-refractivity contribution in [1.82, 2.24) is 4.31 Å². The van der Waals surface area contributed by atoms with Crippen molar-refractivity contribution in [2.75, 3.05) is 18.4 Å². The Balaban J connectivity index is 1.35. The Labute approximate surface area is 194 Å². The number of para-hydroxylation sites is 3. The minimum absolute atomic E-state index is 0.129. The van der Waals surface area contributed by atoms with Crippen LogP contribution in [0.4, 0.5) is 5.69 Å². The van der Waals surface area contributed by atoms with Gasteiger partial charge in [0.25, 0.3) is 0 Å². The smallest absolute Gasteiger partial charge is 0.236 e. The fourth-order valence-corrected chi connectivity index (χ4v) is 4.92. The third kappa shape index (κ3) is 6.09. The fourth-order valence-electron chi connectivity index (χ4n) is 3.70. The molecule has 1 fully saturated rings. The molecule has 0 saturated carbocycles. The molecule has 1 aliphatic heterocycles. The zero-order valence-corrected chi connectivity index (χ0v) is 18.9. The van der Waals surface area contributed by atoms with Gasteiger partial charge < -0.3 is 10.1 Å². The Kier molecular flexibility index (Phi) is 7.22. The second-order valence-corrected chi connectivity index (χ2v) is 9.65. The number of benzene rings is 3. The first-order chi connectivity index (χ1) is 16.0. The molecule has 7 heteroatoms. The van der Waals surface area contributed by atoms with E-state index in [1.54, 1.807) is 18.2 Å². The number of carbonyl (C=O) groups is 1. The Hall–Kier alpha value is -3.42. The summed E-state index contributed by atoms with van der Waals surface area (Å²) in [6.07, 6.45) is 2.52. The average Bonchev–Trinajstić information content (AvgIpc) is 2.85. The molecule has 0 spiro atoms. The normalized spacial score (nSPS) is 15.4. The van der Waals surface area contributed by atoms with Crippen LogP contribution >= 0.6 is 0 Å². The SMILES string of the molecule is O=C(Nc1ccccc1Oc1ccccc1)C1CCN(S(=O)(=O)/C=C/c2ccccc2)CC1. The van der Waals surface area contributed by atoms with Crippen LogP contribution in [0.25, 0.3) is 6.08 Å². The number of piperidine rings is 1. The third-order valence-corrected chi connectivity index (χ3v) is 7.10. The van der Waals surface area contributed by atoms with Gasteiger partial charge in [-0.25, -0.2) is 8.42 Å². The minimum atomic E-state index is -3.53. The lowest BCUT2D eigenvalue weighted by Gasteiger charge is -2.29. The van der Waals surface area contributed by atoms with Gasteiger partial charge in [-0.15, -0.1) is 0 Å². The van der Waals surface area contributed by atoms with E-state index in [1.807, 2.05) is 72.8 Å². The van der Waals surface area contributed by atoms with Gasteiger partial charge in [0.2, 0.25) is 15.9 Å². The highest BCUT2D eigenvalue weighted by Gasteiger charge is 2.30. The molecule has 0 radical (unpaired) electrons. The first-order valence-corrected chi connectivity index (χ1v) is 12.4. The number of nitrogens with one attached hydrogen (secondary N) is 1. The Morgan fingerprint density at radius 1 is 0.879 bits per heavy atom. The van der Waals surface area contributed by atoms with Gasteiger partial charge in [-0.2, -0.15) is 4.31 Å².